The van der Waals surface area contributed by atoms with Crippen LogP contribution in [0.3, 0.4) is 0 Å². The molecule has 4 heteroatoms. The first-order valence-electron chi connectivity index (χ1n) is 8.40. The predicted octanol–water partition coefficient (Wildman–Crippen LogP) is 6.52. The number of hydrogen-bond acceptors (Lipinski definition) is 0. The van der Waals surface area contributed by atoms with Gasteiger partial charge in [-0.15, -0.1) is 6.58 Å². The van der Waals surface area contributed by atoms with E-state index in [1.165, 1.54) is 12.1 Å². The lowest BCUT2D eigenvalue weighted by Crippen LogP contribution is -2.04. The van der Waals surface area contributed by atoms with Crippen LogP contribution in [-0.4, -0.2) is 0 Å². The summed E-state index contributed by atoms with van der Waals surface area (Å²) in [6, 6.07) is 13.4. The maximum absolute atomic E-state index is 14.7. The van der Waals surface area contributed by atoms with Gasteiger partial charge in [0.1, 0.15) is 5.82 Å². The molecule has 0 aliphatic heterocycles. The zero-order valence-corrected chi connectivity index (χ0v) is 14.4. The van der Waals surface area contributed by atoms with Crippen LogP contribution in [-0.2, 0) is 12.6 Å². The molecule has 27 heavy (non-hydrogen) atoms. The fourth-order valence-electron chi connectivity index (χ4n) is 2.74. The summed E-state index contributed by atoms with van der Waals surface area (Å²) in [5, 5.41) is 1.26. The molecular formula is C23H16F4. The van der Waals surface area contributed by atoms with E-state index in [4.69, 9.17) is 0 Å². The normalized spacial score (nSPS) is 11.1. The van der Waals surface area contributed by atoms with E-state index in [9.17, 15) is 17.6 Å². The summed E-state index contributed by atoms with van der Waals surface area (Å²) in [7, 11) is 0. The third kappa shape index (κ3) is 4.38. The molecule has 0 saturated carbocycles. The molecule has 0 heterocycles. The van der Waals surface area contributed by atoms with Crippen LogP contribution in [0.1, 0.15) is 28.7 Å². The van der Waals surface area contributed by atoms with Crippen molar-refractivity contribution in [2.75, 3.05) is 0 Å². The molecule has 0 saturated heterocycles. The summed E-state index contributed by atoms with van der Waals surface area (Å²) < 4.78 is 52.4. The first-order chi connectivity index (χ1) is 12.9. The summed E-state index contributed by atoms with van der Waals surface area (Å²) in [5.74, 6) is 5.00. The first-order valence-corrected chi connectivity index (χ1v) is 8.40. The summed E-state index contributed by atoms with van der Waals surface area (Å²) >= 11 is 0. The molecule has 0 radical (unpaired) electrons. The highest BCUT2D eigenvalue weighted by molar-refractivity contribution is 5.85. The molecule has 0 aliphatic rings. The smallest absolute Gasteiger partial charge is 0.205 e. The van der Waals surface area contributed by atoms with Gasteiger partial charge >= 0.3 is 6.18 Å². The average Bonchev–Trinajstić information content (AvgIpc) is 2.65. The number of allylic oxidation sites excluding steroid dienone is 1. The van der Waals surface area contributed by atoms with E-state index in [2.05, 4.69) is 18.4 Å². The van der Waals surface area contributed by atoms with Crippen LogP contribution in [0.15, 0.2) is 67.3 Å². The molecule has 0 nitrogen and oxygen atoms in total. The monoisotopic (exact) mass is 368 g/mol. The van der Waals surface area contributed by atoms with Gasteiger partial charge in [0, 0.05) is 10.9 Å². The molecule has 0 aliphatic carbocycles. The second kappa shape index (κ2) is 7.67. The molecule has 3 aromatic carbocycles. The second-order valence-electron chi connectivity index (χ2n) is 6.14. The van der Waals surface area contributed by atoms with Crippen molar-refractivity contribution in [2.24, 2.45) is 0 Å². The van der Waals surface area contributed by atoms with E-state index in [0.29, 0.717) is 10.9 Å². The van der Waals surface area contributed by atoms with Crippen molar-refractivity contribution < 1.29 is 17.6 Å². The number of alkyl halides is 3. The molecular weight excluding hydrogens is 352 g/mol. The van der Waals surface area contributed by atoms with Gasteiger partial charge in [-0.1, -0.05) is 42.2 Å². The molecule has 0 bridgehead atoms. The van der Waals surface area contributed by atoms with Gasteiger partial charge in [-0.05, 0) is 54.1 Å². The van der Waals surface area contributed by atoms with Crippen molar-refractivity contribution in [3.8, 4) is 11.8 Å². The maximum atomic E-state index is 14.7. The predicted molar refractivity (Wildman–Crippen MR) is 99.8 cm³/mol. The maximum Gasteiger partial charge on any atom is 0.416 e. The zero-order chi connectivity index (χ0) is 19.4. The number of hydrogen-bond donors (Lipinski definition) is 0. The van der Waals surface area contributed by atoms with Crippen LogP contribution in [0, 0.1) is 17.7 Å². The Hall–Kier alpha value is -3.06. The molecule has 0 unspecified atom stereocenters. The summed E-state index contributed by atoms with van der Waals surface area (Å²) in [4.78, 5) is 0. The minimum Gasteiger partial charge on any atom is -0.205 e. The lowest BCUT2D eigenvalue weighted by molar-refractivity contribution is -0.137. The van der Waals surface area contributed by atoms with E-state index in [1.807, 2.05) is 18.2 Å². The van der Waals surface area contributed by atoms with E-state index in [0.717, 1.165) is 35.9 Å². The van der Waals surface area contributed by atoms with Crippen molar-refractivity contribution >= 4 is 10.8 Å². The quantitative estimate of drug-likeness (QED) is 0.281. The molecule has 0 spiro atoms. The molecule has 0 aromatic heterocycles. The Kier molecular flexibility index (Phi) is 5.32. The Morgan fingerprint density at radius 1 is 0.926 bits per heavy atom. The minimum atomic E-state index is -4.39. The standard InChI is InChI=1S/C23H16F4/c1-2-3-4-17-8-14-21-19(15-17)11-10-18(22(21)24)9-5-16-6-12-20(13-7-16)23(25,26)27/h2,6-8,10-15H,1,3-4H2. The van der Waals surface area contributed by atoms with Crippen molar-refractivity contribution in [1.82, 2.24) is 0 Å². The molecule has 3 rings (SSSR count). The molecule has 136 valence electrons. The molecule has 0 fully saturated rings. The Bertz CT molecular complexity index is 1030. The fourth-order valence-corrected chi connectivity index (χ4v) is 2.74. The van der Waals surface area contributed by atoms with Gasteiger partial charge in [0.2, 0.25) is 0 Å². The van der Waals surface area contributed by atoms with Crippen LogP contribution in [0.4, 0.5) is 17.6 Å². The van der Waals surface area contributed by atoms with E-state index in [1.54, 1.807) is 18.2 Å². The zero-order valence-electron chi connectivity index (χ0n) is 14.4. The Balaban J connectivity index is 1.89. The van der Waals surface area contributed by atoms with Crippen LogP contribution < -0.4 is 0 Å². The van der Waals surface area contributed by atoms with Gasteiger partial charge in [0.05, 0.1) is 11.1 Å². The van der Waals surface area contributed by atoms with Crippen molar-refractivity contribution in [2.45, 2.75) is 19.0 Å². The minimum absolute atomic E-state index is 0.209. The topological polar surface area (TPSA) is 0 Å². The number of aryl methyl sites for hydroxylation is 1. The van der Waals surface area contributed by atoms with E-state index < -0.39 is 17.6 Å². The Morgan fingerprint density at radius 3 is 2.33 bits per heavy atom. The number of fused-ring (bicyclic) bond motifs is 1. The van der Waals surface area contributed by atoms with Gasteiger partial charge in [-0.2, -0.15) is 13.2 Å². The van der Waals surface area contributed by atoms with Crippen molar-refractivity contribution in [3.05, 3.63) is 95.3 Å². The summed E-state index contributed by atoms with van der Waals surface area (Å²) in [6.07, 6.45) is -0.854. The SMILES string of the molecule is C=CCCc1ccc2c(F)c(C#Cc3ccc(C(F)(F)F)cc3)ccc2c1. The van der Waals surface area contributed by atoms with Gasteiger partial charge in [0.15, 0.2) is 0 Å². The number of halogens is 4. The highest BCUT2D eigenvalue weighted by Crippen LogP contribution is 2.29. The number of rotatable bonds is 3. The van der Waals surface area contributed by atoms with Crippen LogP contribution in [0.2, 0.25) is 0 Å². The average molecular weight is 368 g/mol. The lowest BCUT2D eigenvalue weighted by Gasteiger charge is -2.06. The van der Waals surface area contributed by atoms with Gasteiger partial charge in [0.25, 0.3) is 0 Å². The van der Waals surface area contributed by atoms with Gasteiger partial charge in [-0.3, -0.25) is 0 Å². The third-order valence-electron chi connectivity index (χ3n) is 4.21. The first kappa shape index (κ1) is 18.7. The largest absolute Gasteiger partial charge is 0.416 e. The highest BCUT2D eigenvalue weighted by Gasteiger charge is 2.29. The van der Waals surface area contributed by atoms with E-state index >= 15 is 0 Å². The fraction of sp³-hybridized carbons (Fsp3) is 0.130. The highest BCUT2D eigenvalue weighted by atomic mass is 19.4. The summed E-state index contributed by atoms with van der Waals surface area (Å²) in [6.45, 7) is 3.70. The van der Waals surface area contributed by atoms with Crippen molar-refractivity contribution in [1.29, 1.82) is 0 Å². The Labute approximate surface area is 155 Å². The molecule has 3 aromatic rings. The van der Waals surface area contributed by atoms with Gasteiger partial charge in [-0.25, -0.2) is 4.39 Å². The molecule has 0 N–H and O–H groups in total. The lowest BCUT2D eigenvalue weighted by atomic mass is 10.0. The van der Waals surface area contributed by atoms with Crippen LogP contribution >= 0.6 is 0 Å². The summed E-state index contributed by atoms with van der Waals surface area (Å²) in [5.41, 5.74) is 0.964. The van der Waals surface area contributed by atoms with E-state index in [-0.39, 0.29) is 5.56 Å². The number of benzene rings is 3. The third-order valence-corrected chi connectivity index (χ3v) is 4.21. The van der Waals surface area contributed by atoms with Crippen LogP contribution in [0.25, 0.3) is 10.8 Å². The van der Waals surface area contributed by atoms with Crippen molar-refractivity contribution in [3.63, 3.8) is 0 Å². The van der Waals surface area contributed by atoms with Crippen LogP contribution in [0.5, 0.6) is 0 Å². The Morgan fingerprint density at radius 2 is 1.67 bits per heavy atom. The second-order valence-corrected chi connectivity index (χ2v) is 6.14. The van der Waals surface area contributed by atoms with Gasteiger partial charge < -0.3 is 0 Å². The molecule has 0 amide bonds. The molecule has 0 atom stereocenters.